The van der Waals surface area contributed by atoms with Crippen molar-refractivity contribution in [2.24, 2.45) is 16.7 Å². The first kappa shape index (κ1) is 17.9. The van der Waals surface area contributed by atoms with Gasteiger partial charge < -0.3 is 21.2 Å². The lowest BCUT2D eigenvalue weighted by atomic mass is 9.50. The average molecular weight is 367 g/mol. The van der Waals surface area contributed by atoms with Gasteiger partial charge >= 0.3 is 0 Å². The summed E-state index contributed by atoms with van der Waals surface area (Å²) in [7, 11) is 2.19. The Balaban J connectivity index is 1.99. The van der Waals surface area contributed by atoms with Crippen LogP contribution in [-0.2, 0) is 11.8 Å². The van der Waals surface area contributed by atoms with Crippen molar-refractivity contribution < 1.29 is 14.4 Å². The molecule has 27 heavy (non-hydrogen) atoms. The summed E-state index contributed by atoms with van der Waals surface area (Å²) in [5, 5.41) is 16.0. The molecule has 1 aromatic rings. The van der Waals surface area contributed by atoms with Crippen LogP contribution in [0.1, 0.15) is 34.3 Å². The first-order chi connectivity index (χ1) is 12.8. The summed E-state index contributed by atoms with van der Waals surface area (Å²) >= 11 is 0. The first-order valence-electron chi connectivity index (χ1n) is 9.36. The largest absolute Gasteiger partial charge is 0.379 e. The van der Waals surface area contributed by atoms with Crippen LogP contribution in [0.4, 0.5) is 0 Å². The summed E-state index contributed by atoms with van der Waals surface area (Å²) in [6.45, 7) is 5.63. The molecule has 4 atom stereocenters. The van der Waals surface area contributed by atoms with Crippen molar-refractivity contribution in [1.29, 1.82) is 0 Å². The second kappa shape index (κ2) is 5.78. The number of likely N-dealkylation sites (tertiary alicyclic amines) is 1. The topological polar surface area (TPSA) is 102 Å². The second-order valence-electron chi connectivity index (χ2n) is 8.42. The lowest BCUT2D eigenvalue weighted by Crippen LogP contribution is -2.77. The van der Waals surface area contributed by atoms with Gasteiger partial charge in [-0.25, -0.2) is 0 Å². The van der Waals surface area contributed by atoms with Crippen LogP contribution in [-0.4, -0.2) is 53.0 Å². The van der Waals surface area contributed by atoms with E-state index < -0.39 is 16.9 Å². The van der Waals surface area contributed by atoms with Gasteiger partial charge in [0.15, 0.2) is 0 Å². The lowest BCUT2D eigenvalue weighted by molar-refractivity contribution is -0.942. The Morgan fingerprint density at radius 1 is 1.52 bits per heavy atom. The number of amides is 1. The van der Waals surface area contributed by atoms with E-state index in [4.69, 9.17) is 11.6 Å². The predicted molar refractivity (Wildman–Crippen MR) is 105 cm³/mol. The molecule has 2 aliphatic carbocycles. The Morgan fingerprint density at radius 3 is 2.96 bits per heavy atom. The fourth-order valence-electron chi connectivity index (χ4n) is 5.67. The summed E-state index contributed by atoms with van der Waals surface area (Å²) in [4.78, 5) is 11.8. The monoisotopic (exact) mass is 367 g/mol. The number of likely N-dealkylation sites (N-methyl/N-ethyl adjacent to an activating group) is 1. The molecule has 1 saturated heterocycles. The molecule has 1 aliphatic heterocycles. The molecule has 5 N–H and O–H groups in total. The van der Waals surface area contributed by atoms with Gasteiger partial charge in [-0.3, -0.25) is 4.79 Å². The van der Waals surface area contributed by atoms with Gasteiger partial charge in [0.05, 0.1) is 25.8 Å². The van der Waals surface area contributed by atoms with Gasteiger partial charge in [0.25, 0.3) is 0 Å². The number of nitrogens with zero attached hydrogens (tertiary/aromatic N) is 2. The first-order valence-corrected chi connectivity index (χ1v) is 9.36. The molecule has 4 rings (SSSR count). The zero-order valence-corrected chi connectivity index (χ0v) is 15.7. The smallest absolute Gasteiger partial charge is 0.248 e. The van der Waals surface area contributed by atoms with Crippen LogP contribution in [0.3, 0.4) is 0 Å². The van der Waals surface area contributed by atoms with Crippen LogP contribution in [0, 0.1) is 0 Å². The van der Waals surface area contributed by atoms with E-state index in [9.17, 15) is 9.90 Å². The van der Waals surface area contributed by atoms with Crippen LogP contribution in [0.25, 0.3) is 0 Å². The molecule has 0 radical (unpaired) electrons. The highest BCUT2D eigenvalue weighted by Crippen LogP contribution is 2.57. The molecular weight excluding hydrogens is 340 g/mol. The number of hydrogen-bond donors (Lipinski definition) is 3. The number of allylic oxidation sites excluding steroid dienone is 1. The predicted octanol–water partition coefficient (Wildman–Crippen LogP) is 0.990. The molecular formula is C21H27N4O2+. The van der Waals surface area contributed by atoms with Crippen LogP contribution >= 0.6 is 0 Å². The van der Waals surface area contributed by atoms with E-state index in [2.05, 4.69) is 18.7 Å². The molecule has 0 spiro atoms. The van der Waals surface area contributed by atoms with E-state index in [0.29, 0.717) is 12.0 Å². The molecule has 6 nitrogen and oxygen atoms in total. The van der Waals surface area contributed by atoms with Gasteiger partial charge in [0, 0.05) is 30.2 Å². The molecule has 3 aliphatic rings. The highest BCUT2D eigenvalue weighted by molar-refractivity contribution is 5.98. The fraction of sp³-hybridized carbons (Fsp3) is 0.429. The fourth-order valence-corrected chi connectivity index (χ4v) is 5.67. The molecule has 1 aromatic carbocycles. The number of aliphatic hydroxyl groups is 1. The number of rotatable bonds is 3. The highest BCUT2D eigenvalue weighted by Gasteiger charge is 2.67. The van der Waals surface area contributed by atoms with Gasteiger partial charge in [-0.2, -0.15) is 5.10 Å². The maximum absolute atomic E-state index is 12.1. The molecule has 1 amide bonds. The molecule has 2 bridgehead atoms. The van der Waals surface area contributed by atoms with Crippen molar-refractivity contribution in [2.45, 2.75) is 36.3 Å². The summed E-state index contributed by atoms with van der Waals surface area (Å²) in [6, 6.07) is 5.64. The van der Waals surface area contributed by atoms with E-state index >= 15 is 0 Å². The van der Waals surface area contributed by atoms with Crippen LogP contribution in [0.2, 0.25) is 0 Å². The van der Waals surface area contributed by atoms with Gasteiger partial charge in [-0.15, -0.1) is 0 Å². The number of primary amides is 1. The van der Waals surface area contributed by atoms with Crippen molar-refractivity contribution in [1.82, 2.24) is 0 Å². The quantitative estimate of drug-likeness (QED) is 0.321. The maximum atomic E-state index is 12.1. The number of quaternary nitrogens is 1. The van der Waals surface area contributed by atoms with Crippen LogP contribution in [0.5, 0.6) is 0 Å². The molecule has 1 unspecified atom stereocenters. The van der Waals surface area contributed by atoms with E-state index in [1.165, 1.54) is 0 Å². The number of hydrogen-bond acceptors (Lipinski definition) is 4. The Morgan fingerprint density at radius 2 is 2.30 bits per heavy atom. The molecule has 6 heteroatoms. The summed E-state index contributed by atoms with van der Waals surface area (Å²) < 4.78 is 0.734. The molecule has 0 aromatic heterocycles. The van der Waals surface area contributed by atoms with E-state index in [-0.39, 0.29) is 6.04 Å². The molecule has 142 valence electrons. The van der Waals surface area contributed by atoms with Gasteiger partial charge in [-0.1, -0.05) is 12.6 Å². The zero-order chi connectivity index (χ0) is 19.4. The Labute approximate surface area is 159 Å². The van der Waals surface area contributed by atoms with Crippen molar-refractivity contribution in [3.8, 4) is 0 Å². The summed E-state index contributed by atoms with van der Waals surface area (Å²) in [5.74, 6) is 5.14. The lowest BCUT2D eigenvalue weighted by Gasteiger charge is -2.63. The minimum absolute atomic E-state index is 0.00764. The van der Waals surface area contributed by atoms with Crippen molar-refractivity contribution in [3.05, 3.63) is 59.7 Å². The number of hydrazone groups is 1. The van der Waals surface area contributed by atoms with E-state index in [1.807, 2.05) is 30.4 Å². The van der Waals surface area contributed by atoms with E-state index in [0.717, 1.165) is 47.3 Å². The third-order valence-electron chi connectivity index (χ3n) is 7.12. The van der Waals surface area contributed by atoms with Gasteiger partial charge in [-0.05, 0) is 41.5 Å². The number of nitrogens with two attached hydrogens (primary N) is 2. The number of piperidine rings is 1. The van der Waals surface area contributed by atoms with Crippen LogP contribution < -0.4 is 11.6 Å². The molecule has 0 saturated carbocycles. The van der Waals surface area contributed by atoms with Crippen molar-refractivity contribution >= 4 is 11.6 Å². The Hall–Kier alpha value is -2.44. The minimum Gasteiger partial charge on any atom is -0.379 e. The van der Waals surface area contributed by atoms with Gasteiger partial charge in [0.1, 0.15) is 11.6 Å². The number of benzene rings is 1. The number of fused-ring (bicyclic) bond motifs is 1. The third-order valence-corrected chi connectivity index (χ3v) is 7.12. The van der Waals surface area contributed by atoms with Crippen LogP contribution in [0.15, 0.2) is 48.1 Å². The SMILES string of the molecule is C=CC[N+]1(C)CC[C@]23C/C(=N/N)C=C[C@@]2(O)[C@H]1Cc1ccc(C(N)=O)cc13. The number of carbonyl (C=O) groups excluding carboxylic acids is 1. The molecule has 1 heterocycles. The zero-order valence-electron chi connectivity index (χ0n) is 15.7. The van der Waals surface area contributed by atoms with Crippen molar-refractivity contribution in [2.75, 3.05) is 20.1 Å². The maximum Gasteiger partial charge on any atom is 0.248 e. The average Bonchev–Trinajstić information content (AvgIpc) is 2.64. The standard InChI is InChI=1S/C21H26N4O2/c1-3-9-25(2)10-8-20-13-16(24-23)6-7-21(20,27)18(25)12-14-4-5-15(19(22)26)11-17(14)20/h3-7,11,18,27H,1,8-10,12-13,23H2,2H3,(H-,22,26)/p+1/b24-16+/t18-,20-,21-,25?/m1/s1. The van der Waals surface area contributed by atoms with Gasteiger partial charge in [0.2, 0.25) is 5.91 Å². The Bertz CT molecular complexity index is 892. The van der Waals surface area contributed by atoms with E-state index in [1.54, 1.807) is 6.07 Å². The minimum atomic E-state index is -1.04. The summed E-state index contributed by atoms with van der Waals surface area (Å²) in [5.41, 5.74) is 7.34. The summed E-state index contributed by atoms with van der Waals surface area (Å²) in [6.07, 6.45) is 7.71. The third kappa shape index (κ3) is 2.26. The normalized spacial score (nSPS) is 38.1. The Kier molecular flexibility index (Phi) is 3.84. The van der Waals surface area contributed by atoms with Crippen molar-refractivity contribution in [3.63, 3.8) is 0 Å². The molecule has 1 fully saturated rings. The number of carbonyl (C=O) groups is 1. The highest BCUT2D eigenvalue weighted by atomic mass is 16.3. The second-order valence-corrected chi connectivity index (χ2v) is 8.42.